The molecule has 0 bridgehead atoms. The second-order valence-electron chi connectivity index (χ2n) is 5.04. The summed E-state index contributed by atoms with van der Waals surface area (Å²) in [4.78, 5) is 16.6. The Labute approximate surface area is 143 Å². The summed E-state index contributed by atoms with van der Waals surface area (Å²) in [5.41, 5.74) is 2.19. The Balaban J connectivity index is 1.55. The highest BCUT2D eigenvalue weighted by Crippen LogP contribution is 2.10. The summed E-state index contributed by atoms with van der Waals surface area (Å²) in [5.74, 6) is 0.0202. The lowest BCUT2D eigenvalue weighted by Gasteiger charge is -2.05. The Bertz CT molecular complexity index is 846. The van der Waals surface area contributed by atoms with Gasteiger partial charge in [0.2, 0.25) is 0 Å². The normalized spacial score (nSPS) is 11.2. The summed E-state index contributed by atoms with van der Waals surface area (Å²) < 4.78 is 6.84. The van der Waals surface area contributed by atoms with Crippen LogP contribution in [0.1, 0.15) is 12.5 Å². The number of carbonyl (C=O) groups excluding carboxylic acids is 1. The zero-order valence-corrected chi connectivity index (χ0v) is 13.4. The van der Waals surface area contributed by atoms with Crippen LogP contribution in [-0.4, -0.2) is 38.5 Å². The maximum absolute atomic E-state index is 11.7. The second-order valence-corrected chi connectivity index (χ2v) is 5.04. The molecule has 0 unspecified atom stereocenters. The Morgan fingerprint density at radius 1 is 1.12 bits per heavy atom. The molecule has 1 heterocycles. The Morgan fingerprint density at radius 2 is 1.88 bits per heavy atom. The second kappa shape index (κ2) is 7.82. The van der Waals surface area contributed by atoms with Crippen molar-refractivity contribution >= 4 is 11.7 Å². The first-order valence-electron chi connectivity index (χ1n) is 7.48. The topological polar surface area (TPSA) is 91.5 Å². The van der Waals surface area contributed by atoms with Gasteiger partial charge >= 0.3 is 5.97 Å². The van der Waals surface area contributed by atoms with E-state index < -0.39 is 5.97 Å². The fourth-order valence-corrected chi connectivity index (χ4v) is 1.99. The molecule has 3 rings (SSSR count). The third-order valence-electron chi connectivity index (χ3n) is 3.28. The van der Waals surface area contributed by atoms with Gasteiger partial charge in [-0.25, -0.2) is 9.48 Å². The van der Waals surface area contributed by atoms with Gasteiger partial charge in [-0.1, -0.05) is 35.5 Å². The summed E-state index contributed by atoms with van der Waals surface area (Å²) in [5, 5.41) is 14.8. The predicted octanol–water partition coefficient (Wildman–Crippen LogP) is 2.01. The SMILES string of the molecule is CC(=NOC(=O)COc1ccccc1)c1ccc(-n2cnnn2)cc1. The number of hydrogen-bond donors (Lipinski definition) is 0. The zero-order chi connectivity index (χ0) is 17.5. The van der Waals surface area contributed by atoms with Crippen LogP contribution < -0.4 is 4.74 Å². The standard InChI is InChI=1S/C17H15N5O3/c1-13(14-7-9-15(10-8-14)22-12-18-20-21-22)19-25-17(23)11-24-16-5-3-2-4-6-16/h2-10,12H,11H2,1H3. The average Bonchev–Trinajstić information content (AvgIpc) is 3.20. The lowest BCUT2D eigenvalue weighted by atomic mass is 10.1. The number of oxime groups is 1. The highest BCUT2D eigenvalue weighted by Gasteiger charge is 2.06. The van der Waals surface area contributed by atoms with Gasteiger partial charge in [0.15, 0.2) is 6.61 Å². The van der Waals surface area contributed by atoms with Crippen LogP contribution in [0.5, 0.6) is 5.75 Å². The van der Waals surface area contributed by atoms with E-state index in [4.69, 9.17) is 9.57 Å². The monoisotopic (exact) mass is 337 g/mol. The van der Waals surface area contributed by atoms with Gasteiger partial charge in [0.25, 0.3) is 0 Å². The number of ether oxygens (including phenoxy) is 1. The first-order chi connectivity index (χ1) is 12.2. The van der Waals surface area contributed by atoms with E-state index >= 15 is 0 Å². The van der Waals surface area contributed by atoms with Crippen molar-refractivity contribution in [1.29, 1.82) is 0 Å². The molecule has 0 N–H and O–H groups in total. The predicted molar refractivity (Wildman–Crippen MR) is 89.4 cm³/mol. The number of rotatable bonds is 6. The smallest absolute Gasteiger partial charge is 0.372 e. The van der Waals surface area contributed by atoms with E-state index in [0.29, 0.717) is 11.5 Å². The Hall–Kier alpha value is -3.55. The summed E-state index contributed by atoms with van der Waals surface area (Å²) >= 11 is 0. The lowest BCUT2D eigenvalue weighted by Crippen LogP contribution is -2.13. The molecule has 25 heavy (non-hydrogen) atoms. The number of para-hydroxylation sites is 1. The van der Waals surface area contributed by atoms with Gasteiger partial charge in [-0.3, -0.25) is 0 Å². The molecule has 0 aliphatic rings. The third-order valence-corrected chi connectivity index (χ3v) is 3.28. The highest BCUT2D eigenvalue weighted by molar-refractivity contribution is 5.98. The molecular formula is C17H15N5O3. The number of carbonyl (C=O) groups is 1. The molecule has 1 aromatic heterocycles. The number of benzene rings is 2. The average molecular weight is 337 g/mol. The van der Waals surface area contributed by atoms with Gasteiger partial charge in [-0.15, -0.1) is 5.10 Å². The first kappa shape index (κ1) is 16.3. The summed E-state index contributed by atoms with van der Waals surface area (Å²) in [6.45, 7) is 1.54. The van der Waals surface area contributed by atoms with Crippen molar-refractivity contribution in [2.45, 2.75) is 6.92 Å². The first-order valence-corrected chi connectivity index (χ1v) is 7.48. The van der Waals surface area contributed by atoms with Crippen molar-refractivity contribution in [3.05, 3.63) is 66.5 Å². The number of aromatic nitrogens is 4. The number of nitrogens with zero attached hydrogens (tertiary/aromatic N) is 5. The molecule has 2 aromatic carbocycles. The van der Waals surface area contributed by atoms with Crippen molar-refractivity contribution in [2.75, 3.05) is 6.61 Å². The summed E-state index contributed by atoms with van der Waals surface area (Å²) in [6.07, 6.45) is 1.50. The molecular weight excluding hydrogens is 322 g/mol. The molecule has 0 amide bonds. The Kier molecular flexibility index (Phi) is 5.10. The van der Waals surface area contributed by atoms with Crippen LogP contribution >= 0.6 is 0 Å². The van der Waals surface area contributed by atoms with E-state index in [1.165, 1.54) is 11.0 Å². The van der Waals surface area contributed by atoms with Crippen molar-refractivity contribution in [1.82, 2.24) is 20.2 Å². The molecule has 0 saturated carbocycles. The Morgan fingerprint density at radius 3 is 2.56 bits per heavy atom. The highest BCUT2D eigenvalue weighted by atomic mass is 16.7. The number of hydrogen-bond acceptors (Lipinski definition) is 7. The fraction of sp³-hybridized carbons (Fsp3) is 0.118. The molecule has 0 saturated heterocycles. The van der Waals surface area contributed by atoms with Crippen LogP contribution in [0.2, 0.25) is 0 Å². The summed E-state index contributed by atoms with van der Waals surface area (Å²) in [6, 6.07) is 16.4. The van der Waals surface area contributed by atoms with Gasteiger partial charge in [0.05, 0.1) is 11.4 Å². The molecule has 0 aliphatic carbocycles. The van der Waals surface area contributed by atoms with Crippen LogP contribution in [-0.2, 0) is 9.63 Å². The quantitative estimate of drug-likeness (QED) is 0.388. The van der Waals surface area contributed by atoms with E-state index in [0.717, 1.165) is 11.3 Å². The van der Waals surface area contributed by atoms with Crippen LogP contribution in [0.15, 0.2) is 66.1 Å². The third kappa shape index (κ3) is 4.47. The van der Waals surface area contributed by atoms with Crippen LogP contribution in [0.3, 0.4) is 0 Å². The van der Waals surface area contributed by atoms with Gasteiger partial charge < -0.3 is 9.57 Å². The molecule has 0 atom stereocenters. The van der Waals surface area contributed by atoms with E-state index in [1.54, 1.807) is 19.1 Å². The van der Waals surface area contributed by atoms with Crippen molar-refractivity contribution in [3.63, 3.8) is 0 Å². The van der Waals surface area contributed by atoms with Gasteiger partial charge in [-0.05, 0) is 47.2 Å². The maximum atomic E-state index is 11.7. The molecule has 0 radical (unpaired) electrons. The van der Waals surface area contributed by atoms with Gasteiger partial charge in [0.1, 0.15) is 12.1 Å². The van der Waals surface area contributed by atoms with Gasteiger partial charge in [-0.2, -0.15) is 0 Å². The van der Waals surface area contributed by atoms with Crippen molar-refractivity contribution in [2.24, 2.45) is 5.16 Å². The largest absolute Gasteiger partial charge is 0.482 e. The van der Waals surface area contributed by atoms with Crippen molar-refractivity contribution < 1.29 is 14.4 Å². The minimum atomic E-state index is -0.575. The van der Waals surface area contributed by atoms with E-state index in [1.807, 2.05) is 42.5 Å². The van der Waals surface area contributed by atoms with E-state index in [2.05, 4.69) is 20.7 Å². The summed E-state index contributed by atoms with van der Waals surface area (Å²) in [7, 11) is 0. The van der Waals surface area contributed by atoms with Crippen LogP contribution in [0.4, 0.5) is 0 Å². The van der Waals surface area contributed by atoms with E-state index in [9.17, 15) is 4.79 Å². The van der Waals surface area contributed by atoms with E-state index in [-0.39, 0.29) is 6.61 Å². The van der Waals surface area contributed by atoms with Crippen LogP contribution in [0.25, 0.3) is 5.69 Å². The molecule has 0 fully saturated rings. The molecule has 8 nitrogen and oxygen atoms in total. The maximum Gasteiger partial charge on any atom is 0.372 e. The number of tetrazole rings is 1. The van der Waals surface area contributed by atoms with Crippen molar-refractivity contribution in [3.8, 4) is 11.4 Å². The molecule has 8 heteroatoms. The van der Waals surface area contributed by atoms with Crippen LogP contribution in [0, 0.1) is 0 Å². The minimum absolute atomic E-state index is 0.209. The lowest BCUT2D eigenvalue weighted by molar-refractivity contribution is -0.146. The fourth-order valence-electron chi connectivity index (χ4n) is 1.99. The molecule has 0 spiro atoms. The van der Waals surface area contributed by atoms with Gasteiger partial charge in [0, 0.05) is 0 Å². The minimum Gasteiger partial charge on any atom is -0.482 e. The molecule has 0 aliphatic heterocycles. The zero-order valence-electron chi connectivity index (χ0n) is 13.4. The molecule has 3 aromatic rings. The molecule has 126 valence electrons.